The second-order valence-electron chi connectivity index (χ2n) is 10.2. The fourth-order valence-electron chi connectivity index (χ4n) is 5.16. The molecule has 30 heavy (non-hydrogen) atoms. The molecule has 6 heteroatoms. The molecule has 1 aliphatic carbocycles. The first-order chi connectivity index (χ1) is 14.0. The smallest absolute Gasteiger partial charge is 0.293 e. The Morgan fingerprint density at radius 3 is 2.33 bits per heavy atom. The number of ketones is 2. The summed E-state index contributed by atoms with van der Waals surface area (Å²) in [5.41, 5.74) is -1.70. The lowest BCUT2D eigenvalue weighted by molar-refractivity contribution is -0.167. The molecule has 0 aromatic carbocycles. The van der Waals surface area contributed by atoms with E-state index in [0.29, 0.717) is 25.3 Å². The van der Waals surface area contributed by atoms with Crippen LogP contribution in [0.15, 0.2) is 0 Å². The quantitative estimate of drug-likeness (QED) is 0.605. The van der Waals surface area contributed by atoms with E-state index in [1.807, 2.05) is 20.8 Å². The minimum absolute atomic E-state index is 0.00575. The SMILES string of the molecule is COC(CC(C)C)C1CCC(C)C(O)(C(=O)C(=O)N2CCCCC2C(=O)C(C)C)C1. The van der Waals surface area contributed by atoms with E-state index in [1.165, 1.54) is 4.90 Å². The monoisotopic (exact) mass is 423 g/mol. The van der Waals surface area contributed by atoms with Crippen LogP contribution in [0.5, 0.6) is 0 Å². The van der Waals surface area contributed by atoms with E-state index >= 15 is 0 Å². The van der Waals surface area contributed by atoms with Gasteiger partial charge >= 0.3 is 0 Å². The molecule has 0 bridgehead atoms. The van der Waals surface area contributed by atoms with Gasteiger partial charge in [0.05, 0.1) is 12.1 Å². The fourth-order valence-corrected chi connectivity index (χ4v) is 5.16. The van der Waals surface area contributed by atoms with E-state index in [-0.39, 0.29) is 36.1 Å². The first-order valence-electron chi connectivity index (χ1n) is 11.7. The average Bonchev–Trinajstić information content (AvgIpc) is 2.72. The lowest BCUT2D eigenvalue weighted by atomic mass is 9.67. The van der Waals surface area contributed by atoms with Crippen LogP contribution in [0.3, 0.4) is 0 Å². The molecule has 1 amide bonds. The van der Waals surface area contributed by atoms with Crippen molar-refractivity contribution in [1.29, 1.82) is 0 Å². The Morgan fingerprint density at radius 1 is 1.10 bits per heavy atom. The van der Waals surface area contributed by atoms with E-state index in [0.717, 1.165) is 25.7 Å². The third-order valence-electron chi connectivity index (χ3n) is 7.14. The lowest BCUT2D eigenvalue weighted by Gasteiger charge is -2.44. The molecular weight excluding hydrogens is 382 g/mol. The molecule has 0 aromatic rings. The summed E-state index contributed by atoms with van der Waals surface area (Å²) in [7, 11) is 1.67. The first kappa shape index (κ1) is 25.0. The third kappa shape index (κ3) is 5.31. The number of hydrogen-bond donors (Lipinski definition) is 1. The summed E-state index contributed by atoms with van der Waals surface area (Å²) < 4.78 is 5.70. The van der Waals surface area contributed by atoms with Gasteiger partial charge in [0.25, 0.3) is 11.7 Å². The molecule has 5 atom stereocenters. The summed E-state index contributed by atoms with van der Waals surface area (Å²) in [4.78, 5) is 40.7. The number of hydrogen-bond acceptors (Lipinski definition) is 5. The second kappa shape index (κ2) is 10.4. The van der Waals surface area contributed by atoms with Crippen LogP contribution < -0.4 is 0 Å². The highest BCUT2D eigenvalue weighted by atomic mass is 16.5. The Morgan fingerprint density at radius 2 is 1.77 bits per heavy atom. The highest BCUT2D eigenvalue weighted by Gasteiger charge is 2.52. The number of Topliss-reactive ketones (excluding diaryl/α,β-unsaturated/α-hetero) is 2. The molecule has 1 N–H and O–H groups in total. The zero-order valence-electron chi connectivity index (χ0n) is 19.6. The zero-order valence-corrected chi connectivity index (χ0v) is 19.6. The van der Waals surface area contributed by atoms with Crippen LogP contribution in [0.1, 0.15) is 79.6 Å². The molecule has 0 spiro atoms. The normalized spacial score (nSPS) is 31.1. The van der Waals surface area contributed by atoms with Gasteiger partial charge in [-0.25, -0.2) is 0 Å². The topological polar surface area (TPSA) is 83.9 Å². The third-order valence-corrected chi connectivity index (χ3v) is 7.14. The van der Waals surface area contributed by atoms with Gasteiger partial charge in [-0.05, 0) is 62.7 Å². The van der Waals surface area contributed by atoms with Gasteiger partial charge in [-0.15, -0.1) is 0 Å². The summed E-state index contributed by atoms with van der Waals surface area (Å²) >= 11 is 0. The van der Waals surface area contributed by atoms with Crippen LogP contribution in [-0.2, 0) is 19.1 Å². The van der Waals surface area contributed by atoms with Gasteiger partial charge in [-0.3, -0.25) is 14.4 Å². The van der Waals surface area contributed by atoms with Crippen molar-refractivity contribution in [2.75, 3.05) is 13.7 Å². The molecule has 5 unspecified atom stereocenters. The van der Waals surface area contributed by atoms with E-state index in [9.17, 15) is 19.5 Å². The van der Waals surface area contributed by atoms with Gasteiger partial charge in [0.1, 0.15) is 5.60 Å². The van der Waals surface area contributed by atoms with Crippen LogP contribution >= 0.6 is 0 Å². The Bertz CT molecular complexity index is 631. The number of ether oxygens (including phenoxy) is 1. The number of piperidine rings is 1. The van der Waals surface area contributed by atoms with Crippen LogP contribution in [0, 0.1) is 23.7 Å². The lowest BCUT2D eigenvalue weighted by Crippen LogP contribution is -2.59. The van der Waals surface area contributed by atoms with Crippen molar-refractivity contribution in [2.24, 2.45) is 23.7 Å². The van der Waals surface area contributed by atoms with Gasteiger partial charge < -0.3 is 14.7 Å². The second-order valence-corrected chi connectivity index (χ2v) is 10.2. The minimum atomic E-state index is -1.70. The Labute approximate surface area is 181 Å². The van der Waals surface area contributed by atoms with Gasteiger partial charge in [-0.2, -0.15) is 0 Å². The number of carbonyl (C=O) groups excluding carboxylic acids is 3. The molecule has 1 aliphatic heterocycles. The summed E-state index contributed by atoms with van der Waals surface area (Å²) in [6, 6.07) is -0.554. The number of rotatable bonds is 8. The van der Waals surface area contributed by atoms with Crippen LogP contribution in [0.4, 0.5) is 0 Å². The number of methoxy groups -OCH3 is 1. The van der Waals surface area contributed by atoms with Crippen molar-refractivity contribution in [1.82, 2.24) is 4.90 Å². The molecule has 0 aromatic heterocycles. The van der Waals surface area contributed by atoms with Crippen LogP contribution in [0.2, 0.25) is 0 Å². The molecule has 2 aliphatic rings. The van der Waals surface area contributed by atoms with E-state index in [2.05, 4.69) is 13.8 Å². The predicted molar refractivity (Wildman–Crippen MR) is 116 cm³/mol. The molecule has 2 fully saturated rings. The van der Waals surface area contributed by atoms with E-state index in [1.54, 1.807) is 7.11 Å². The van der Waals surface area contributed by atoms with E-state index < -0.39 is 23.3 Å². The summed E-state index contributed by atoms with van der Waals surface area (Å²) in [6.07, 6.45) is 4.82. The molecular formula is C24H41NO5. The number of aliphatic hydroxyl groups is 1. The average molecular weight is 424 g/mol. The van der Waals surface area contributed by atoms with E-state index in [4.69, 9.17) is 4.74 Å². The van der Waals surface area contributed by atoms with Crippen LogP contribution in [-0.4, -0.2) is 58.9 Å². The van der Waals surface area contributed by atoms with Gasteiger partial charge in [0.15, 0.2) is 5.78 Å². The standard InChI is InChI=1S/C24H41NO5/c1-15(2)13-20(30-6)18-11-10-17(5)24(29,14-18)22(27)23(28)25-12-8-7-9-19(25)21(26)16(3)4/h15-20,29H,7-14H2,1-6H3. The van der Waals surface area contributed by atoms with Crippen molar-refractivity contribution in [3.63, 3.8) is 0 Å². The molecule has 2 rings (SSSR count). The maximum atomic E-state index is 13.4. The summed E-state index contributed by atoms with van der Waals surface area (Å²) in [5, 5.41) is 11.5. The van der Waals surface area contributed by atoms with Crippen molar-refractivity contribution < 1.29 is 24.2 Å². The molecule has 0 radical (unpaired) electrons. The zero-order chi connectivity index (χ0) is 22.6. The van der Waals surface area contributed by atoms with Gasteiger partial charge in [0.2, 0.25) is 0 Å². The molecule has 1 saturated carbocycles. The number of nitrogens with zero attached hydrogens (tertiary/aromatic N) is 1. The van der Waals surface area contributed by atoms with Gasteiger partial charge in [0, 0.05) is 19.6 Å². The van der Waals surface area contributed by atoms with Crippen LogP contribution in [0.25, 0.3) is 0 Å². The maximum Gasteiger partial charge on any atom is 0.293 e. The Kier molecular flexibility index (Phi) is 8.63. The molecule has 172 valence electrons. The summed E-state index contributed by atoms with van der Waals surface area (Å²) in [6.45, 7) is 10.1. The molecule has 1 saturated heterocycles. The highest BCUT2D eigenvalue weighted by molar-refractivity contribution is 6.39. The number of carbonyl (C=O) groups is 3. The summed E-state index contributed by atoms with van der Waals surface area (Å²) in [5.74, 6) is -1.47. The minimum Gasteiger partial charge on any atom is -0.381 e. The predicted octanol–water partition coefficient (Wildman–Crippen LogP) is 3.39. The van der Waals surface area contributed by atoms with Crippen molar-refractivity contribution in [3.05, 3.63) is 0 Å². The highest BCUT2D eigenvalue weighted by Crippen LogP contribution is 2.41. The molecule has 1 heterocycles. The number of likely N-dealkylation sites (tertiary alicyclic amines) is 1. The van der Waals surface area contributed by atoms with Crippen molar-refractivity contribution >= 4 is 17.5 Å². The largest absolute Gasteiger partial charge is 0.381 e. The van der Waals surface area contributed by atoms with Crippen molar-refractivity contribution in [3.8, 4) is 0 Å². The Hall–Kier alpha value is -1.27. The first-order valence-corrected chi connectivity index (χ1v) is 11.7. The maximum absolute atomic E-state index is 13.4. The van der Waals surface area contributed by atoms with Gasteiger partial charge in [-0.1, -0.05) is 34.6 Å². The Balaban J connectivity index is 2.22. The van der Waals surface area contributed by atoms with Crippen molar-refractivity contribution in [2.45, 2.75) is 97.3 Å². The molecule has 6 nitrogen and oxygen atoms in total. The fraction of sp³-hybridized carbons (Fsp3) is 0.875. The number of amides is 1.